The molecule has 9 heteroatoms. The van der Waals surface area contributed by atoms with Crippen molar-refractivity contribution < 1.29 is 18.3 Å². The van der Waals surface area contributed by atoms with Crippen LogP contribution in [0.25, 0.3) is 0 Å². The molecule has 0 aliphatic rings. The minimum absolute atomic E-state index is 0.198. The number of carboxylic acid groups (broad SMARTS) is 1. The van der Waals surface area contributed by atoms with Gasteiger partial charge in [-0.1, -0.05) is 36.3 Å². The first-order chi connectivity index (χ1) is 11.9. The second-order valence-electron chi connectivity index (χ2n) is 5.69. The van der Waals surface area contributed by atoms with Crippen molar-refractivity contribution in [1.82, 2.24) is 10.2 Å². The number of unbranched alkanes of at least 4 members (excludes halogenated alkanes) is 3. The highest BCUT2D eigenvalue weighted by atomic mass is 32.2. The van der Waals surface area contributed by atoms with Crippen LogP contribution in [0.1, 0.15) is 42.7 Å². The van der Waals surface area contributed by atoms with Gasteiger partial charge in [0, 0.05) is 6.42 Å². The summed E-state index contributed by atoms with van der Waals surface area (Å²) in [6, 6.07) is 6.82. The average molecular weight is 383 g/mol. The standard InChI is InChI=1S/C16H21N3O4S2/c1-12-17-18-16(24-12)19-25(22,23)14-9-6-8-13(11-14)7-4-2-3-5-10-15(20)21/h6,8-9,11H,2-5,7,10H2,1H3,(H,18,19)(H,20,21). The second kappa shape index (κ2) is 8.91. The molecular formula is C16H21N3O4S2. The van der Waals surface area contributed by atoms with Gasteiger partial charge in [-0.25, -0.2) is 8.42 Å². The van der Waals surface area contributed by atoms with Crippen LogP contribution >= 0.6 is 11.3 Å². The average Bonchev–Trinajstić information content (AvgIpc) is 2.95. The summed E-state index contributed by atoms with van der Waals surface area (Å²) in [5.41, 5.74) is 0.939. The Balaban J connectivity index is 1.90. The zero-order valence-electron chi connectivity index (χ0n) is 13.9. The molecule has 0 aliphatic carbocycles. The zero-order chi connectivity index (χ0) is 18.3. The Hall–Kier alpha value is -2.00. The maximum absolute atomic E-state index is 12.4. The van der Waals surface area contributed by atoms with Gasteiger partial charge in [-0.3, -0.25) is 9.52 Å². The molecule has 0 bridgehead atoms. The number of benzene rings is 1. The van der Waals surface area contributed by atoms with Crippen molar-refractivity contribution in [3.05, 3.63) is 34.8 Å². The molecule has 0 aliphatic heterocycles. The van der Waals surface area contributed by atoms with Crippen molar-refractivity contribution in [3.63, 3.8) is 0 Å². The number of anilines is 1. The predicted octanol–water partition coefficient (Wildman–Crippen LogP) is 3.22. The number of aromatic nitrogens is 2. The molecule has 2 aromatic rings. The summed E-state index contributed by atoms with van der Waals surface area (Å²) >= 11 is 1.18. The van der Waals surface area contributed by atoms with E-state index in [4.69, 9.17) is 5.11 Å². The second-order valence-corrected chi connectivity index (χ2v) is 8.55. The van der Waals surface area contributed by atoms with Crippen LogP contribution in [0.2, 0.25) is 0 Å². The van der Waals surface area contributed by atoms with Gasteiger partial charge in [-0.15, -0.1) is 10.2 Å². The summed E-state index contributed by atoms with van der Waals surface area (Å²) < 4.78 is 27.3. The molecule has 7 nitrogen and oxygen atoms in total. The normalized spacial score (nSPS) is 11.4. The lowest BCUT2D eigenvalue weighted by Crippen LogP contribution is -2.13. The Morgan fingerprint density at radius 1 is 1.20 bits per heavy atom. The van der Waals surface area contributed by atoms with Gasteiger partial charge >= 0.3 is 5.97 Å². The topological polar surface area (TPSA) is 109 Å². The molecule has 2 N–H and O–H groups in total. The number of hydrogen-bond donors (Lipinski definition) is 2. The molecule has 0 saturated heterocycles. The highest BCUT2D eigenvalue weighted by Gasteiger charge is 2.16. The highest BCUT2D eigenvalue weighted by molar-refractivity contribution is 7.93. The van der Waals surface area contributed by atoms with Gasteiger partial charge in [-0.05, 0) is 43.9 Å². The van der Waals surface area contributed by atoms with E-state index in [0.29, 0.717) is 11.4 Å². The Kier molecular flexibility index (Phi) is 6.89. The SMILES string of the molecule is Cc1nnc(NS(=O)(=O)c2cccc(CCCCCCC(=O)O)c2)s1. The maximum Gasteiger partial charge on any atom is 0.303 e. The van der Waals surface area contributed by atoms with Crippen LogP contribution in [0.5, 0.6) is 0 Å². The molecule has 0 amide bonds. The van der Waals surface area contributed by atoms with Crippen molar-refractivity contribution in [1.29, 1.82) is 0 Å². The number of aryl methyl sites for hydroxylation is 2. The lowest BCUT2D eigenvalue weighted by Gasteiger charge is -2.07. The Morgan fingerprint density at radius 2 is 1.96 bits per heavy atom. The Labute approximate surface area is 151 Å². The predicted molar refractivity (Wildman–Crippen MR) is 96.3 cm³/mol. The molecule has 136 valence electrons. The van der Waals surface area contributed by atoms with Gasteiger partial charge in [0.15, 0.2) is 0 Å². The van der Waals surface area contributed by atoms with Crippen molar-refractivity contribution in [3.8, 4) is 0 Å². The maximum atomic E-state index is 12.4. The van der Waals surface area contributed by atoms with Crippen LogP contribution in [0.3, 0.4) is 0 Å². The van der Waals surface area contributed by atoms with E-state index in [1.165, 1.54) is 11.3 Å². The van der Waals surface area contributed by atoms with E-state index < -0.39 is 16.0 Å². The van der Waals surface area contributed by atoms with Crippen LogP contribution in [0.4, 0.5) is 5.13 Å². The van der Waals surface area contributed by atoms with Crippen molar-refractivity contribution in [2.75, 3.05) is 4.72 Å². The largest absolute Gasteiger partial charge is 0.481 e. The first-order valence-electron chi connectivity index (χ1n) is 8.00. The summed E-state index contributed by atoms with van der Waals surface area (Å²) in [6.45, 7) is 1.76. The van der Waals surface area contributed by atoms with Crippen LogP contribution in [-0.4, -0.2) is 29.7 Å². The summed E-state index contributed by atoms with van der Waals surface area (Å²) in [6.07, 6.45) is 4.31. The fraction of sp³-hybridized carbons (Fsp3) is 0.438. The summed E-state index contributed by atoms with van der Waals surface area (Å²) in [5, 5.41) is 17.1. The van der Waals surface area contributed by atoms with Gasteiger partial charge in [0.2, 0.25) is 5.13 Å². The molecule has 1 heterocycles. The molecule has 0 saturated carbocycles. The monoisotopic (exact) mass is 383 g/mol. The number of carboxylic acids is 1. The minimum atomic E-state index is -3.68. The smallest absolute Gasteiger partial charge is 0.303 e. The van der Waals surface area contributed by atoms with Gasteiger partial charge in [0.25, 0.3) is 10.0 Å². The van der Waals surface area contributed by atoms with Crippen LogP contribution in [0.15, 0.2) is 29.2 Å². The molecule has 1 aromatic carbocycles. The Bertz CT molecular complexity index is 818. The third-order valence-electron chi connectivity index (χ3n) is 3.56. The first kappa shape index (κ1) is 19.3. The Morgan fingerprint density at radius 3 is 2.64 bits per heavy atom. The van der Waals surface area contributed by atoms with E-state index in [9.17, 15) is 13.2 Å². The van der Waals surface area contributed by atoms with E-state index in [1.54, 1.807) is 25.1 Å². The van der Waals surface area contributed by atoms with E-state index in [2.05, 4.69) is 14.9 Å². The molecule has 25 heavy (non-hydrogen) atoms. The van der Waals surface area contributed by atoms with Gasteiger partial charge in [0.1, 0.15) is 5.01 Å². The van der Waals surface area contributed by atoms with Crippen molar-refractivity contribution in [2.45, 2.75) is 50.3 Å². The van der Waals surface area contributed by atoms with E-state index in [0.717, 1.165) is 31.2 Å². The van der Waals surface area contributed by atoms with Crippen molar-refractivity contribution in [2.24, 2.45) is 0 Å². The number of carbonyl (C=O) groups is 1. The van der Waals surface area contributed by atoms with Crippen molar-refractivity contribution >= 4 is 32.5 Å². The van der Waals surface area contributed by atoms with Crippen LogP contribution in [-0.2, 0) is 21.2 Å². The fourth-order valence-corrected chi connectivity index (χ4v) is 4.23. The molecule has 2 rings (SSSR count). The minimum Gasteiger partial charge on any atom is -0.481 e. The first-order valence-corrected chi connectivity index (χ1v) is 10.3. The molecule has 0 radical (unpaired) electrons. The molecule has 0 atom stereocenters. The molecule has 0 spiro atoms. The summed E-state index contributed by atoms with van der Waals surface area (Å²) in [4.78, 5) is 10.6. The zero-order valence-corrected chi connectivity index (χ0v) is 15.6. The molecule has 0 fully saturated rings. The third-order valence-corrected chi connectivity index (χ3v) is 5.78. The third kappa shape index (κ3) is 6.43. The molecule has 0 unspecified atom stereocenters. The number of nitrogens with zero attached hydrogens (tertiary/aromatic N) is 2. The fourth-order valence-electron chi connectivity index (χ4n) is 2.34. The van der Waals surface area contributed by atoms with Crippen LogP contribution < -0.4 is 4.72 Å². The number of rotatable bonds is 10. The lowest BCUT2D eigenvalue weighted by atomic mass is 10.1. The number of hydrogen-bond acceptors (Lipinski definition) is 6. The van der Waals surface area contributed by atoms with E-state index >= 15 is 0 Å². The highest BCUT2D eigenvalue weighted by Crippen LogP contribution is 2.20. The molecular weight excluding hydrogens is 362 g/mol. The van der Waals surface area contributed by atoms with Gasteiger partial charge in [0.05, 0.1) is 4.90 Å². The molecule has 1 aromatic heterocycles. The number of sulfonamides is 1. The quantitative estimate of drug-likeness (QED) is 0.610. The number of aliphatic carboxylic acids is 1. The summed E-state index contributed by atoms with van der Waals surface area (Å²) in [7, 11) is -3.68. The van der Waals surface area contributed by atoms with E-state index in [1.807, 2.05) is 6.07 Å². The van der Waals surface area contributed by atoms with E-state index in [-0.39, 0.29) is 16.4 Å². The van der Waals surface area contributed by atoms with Gasteiger partial charge < -0.3 is 5.11 Å². The number of nitrogens with one attached hydrogen (secondary N) is 1. The summed E-state index contributed by atoms with van der Waals surface area (Å²) in [5.74, 6) is -0.768. The lowest BCUT2D eigenvalue weighted by molar-refractivity contribution is -0.137. The van der Waals surface area contributed by atoms with Gasteiger partial charge in [-0.2, -0.15) is 0 Å². The van der Waals surface area contributed by atoms with Crippen LogP contribution in [0, 0.1) is 6.92 Å².